The molecule has 0 aliphatic carbocycles. The van der Waals surface area contributed by atoms with Crippen LogP contribution in [0.4, 0.5) is 10.6 Å². The Kier molecular flexibility index (Phi) is 6.70. The van der Waals surface area contributed by atoms with E-state index in [4.69, 9.17) is 0 Å². The molecule has 7 nitrogen and oxygen atoms in total. The fourth-order valence-electron chi connectivity index (χ4n) is 4.48. The smallest absolute Gasteiger partial charge is 0.317 e. The molecule has 0 saturated carbocycles. The lowest BCUT2D eigenvalue weighted by molar-refractivity contribution is 0.0746. The molecular weight excluding hydrogens is 390 g/mol. The lowest BCUT2D eigenvalue weighted by Gasteiger charge is -2.35. The monoisotopic (exact) mass is 421 g/mol. The lowest BCUT2D eigenvalue weighted by Crippen LogP contribution is -2.49. The molecule has 0 bridgehead atoms. The van der Waals surface area contributed by atoms with Gasteiger partial charge in [0.1, 0.15) is 5.82 Å². The predicted molar refractivity (Wildman–Crippen MR) is 121 cm³/mol. The van der Waals surface area contributed by atoms with E-state index in [0.717, 1.165) is 49.4 Å². The standard InChI is InChI=1S/C24H31N5O2/c1-2-25-24(31)29-12-6-9-21(18-29)19-7-5-8-20(17-19)23(30)28-15-13-27(14-16-28)22-10-3-4-11-26-22/h3-5,7-8,10-11,17,21H,2,6,9,12-16,18H2,1H3,(H,25,31). The van der Waals surface area contributed by atoms with Crippen LogP contribution in [0.2, 0.25) is 0 Å². The molecule has 0 spiro atoms. The number of hydrogen-bond donors (Lipinski definition) is 1. The van der Waals surface area contributed by atoms with Crippen LogP contribution in [0.5, 0.6) is 0 Å². The Balaban J connectivity index is 1.39. The molecular formula is C24H31N5O2. The number of benzene rings is 1. The summed E-state index contributed by atoms with van der Waals surface area (Å²) in [6.45, 7) is 7.01. The lowest BCUT2D eigenvalue weighted by atomic mass is 9.89. The number of pyridine rings is 1. The van der Waals surface area contributed by atoms with Crippen LogP contribution in [-0.4, -0.2) is 72.5 Å². The van der Waals surface area contributed by atoms with Gasteiger partial charge in [-0.1, -0.05) is 18.2 Å². The molecule has 31 heavy (non-hydrogen) atoms. The third-order valence-corrected chi connectivity index (χ3v) is 6.18. The van der Waals surface area contributed by atoms with Crippen molar-refractivity contribution in [2.24, 2.45) is 0 Å². The number of rotatable bonds is 4. The van der Waals surface area contributed by atoms with Gasteiger partial charge in [0.15, 0.2) is 0 Å². The Bertz CT molecular complexity index is 896. The number of piperidine rings is 1. The second-order valence-corrected chi connectivity index (χ2v) is 8.21. The van der Waals surface area contributed by atoms with Crippen molar-refractivity contribution >= 4 is 17.8 Å². The summed E-state index contributed by atoms with van der Waals surface area (Å²) in [7, 11) is 0. The minimum absolute atomic E-state index is 0.00482. The normalized spacial score (nSPS) is 19.3. The van der Waals surface area contributed by atoms with Gasteiger partial charge in [-0.3, -0.25) is 4.79 Å². The van der Waals surface area contributed by atoms with Crippen LogP contribution in [-0.2, 0) is 0 Å². The summed E-state index contributed by atoms with van der Waals surface area (Å²) in [5.74, 6) is 1.31. The van der Waals surface area contributed by atoms with Gasteiger partial charge in [0.05, 0.1) is 0 Å². The van der Waals surface area contributed by atoms with Gasteiger partial charge in [-0.2, -0.15) is 0 Å². The fraction of sp³-hybridized carbons (Fsp3) is 0.458. The van der Waals surface area contributed by atoms with Crippen molar-refractivity contribution in [3.05, 3.63) is 59.8 Å². The highest BCUT2D eigenvalue weighted by molar-refractivity contribution is 5.94. The average Bonchev–Trinajstić information content (AvgIpc) is 2.84. The molecule has 2 saturated heterocycles. The van der Waals surface area contributed by atoms with Crippen LogP contribution in [0.15, 0.2) is 48.7 Å². The summed E-state index contributed by atoms with van der Waals surface area (Å²) in [6.07, 6.45) is 3.82. The third kappa shape index (κ3) is 4.98. The van der Waals surface area contributed by atoms with E-state index < -0.39 is 0 Å². The molecule has 4 rings (SSSR count). The first-order valence-corrected chi connectivity index (χ1v) is 11.2. The number of hydrogen-bond acceptors (Lipinski definition) is 4. The quantitative estimate of drug-likeness (QED) is 0.824. The summed E-state index contributed by atoms with van der Waals surface area (Å²) in [5.41, 5.74) is 1.88. The van der Waals surface area contributed by atoms with Crippen molar-refractivity contribution < 1.29 is 9.59 Å². The molecule has 1 aromatic heterocycles. The van der Waals surface area contributed by atoms with Gasteiger partial charge < -0.3 is 20.0 Å². The maximum Gasteiger partial charge on any atom is 0.317 e. The zero-order valence-electron chi connectivity index (χ0n) is 18.2. The van der Waals surface area contributed by atoms with Gasteiger partial charge in [-0.05, 0) is 49.6 Å². The molecule has 164 valence electrons. The average molecular weight is 422 g/mol. The van der Waals surface area contributed by atoms with Crippen molar-refractivity contribution in [3.8, 4) is 0 Å². The second-order valence-electron chi connectivity index (χ2n) is 8.21. The van der Waals surface area contributed by atoms with E-state index in [1.165, 1.54) is 0 Å². The Morgan fingerprint density at radius 3 is 2.61 bits per heavy atom. The van der Waals surface area contributed by atoms with E-state index in [0.29, 0.717) is 26.2 Å². The van der Waals surface area contributed by atoms with E-state index >= 15 is 0 Å². The topological polar surface area (TPSA) is 68.8 Å². The highest BCUT2D eigenvalue weighted by atomic mass is 16.2. The Morgan fingerprint density at radius 2 is 1.87 bits per heavy atom. The molecule has 0 radical (unpaired) electrons. The first-order valence-electron chi connectivity index (χ1n) is 11.2. The van der Waals surface area contributed by atoms with Crippen LogP contribution >= 0.6 is 0 Å². The van der Waals surface area contributed by atoms with Crippen LogP contribution in [0.25, 0.3) is 0 Å². The Labute approximate surface area is 184 Å². The van der Waals surface area contributed by atoms with Crippen molar-refractivity contribution in [2.75, 3.05) is 50.7 Å². The molecule has 2 aromatic rings. The summed E-state index contributed by atoms with van der Waals surface area (Å²) >= 11 is 0. The van der Waals surface area contributed by atoms with E-state index in [1.54, 1.807) is 6.20 Å². The second kappa shape index (κ2) is 9.81. The van der Waals surface area contributed by atoms with E-state index in [9.17, 15) is 9.59 Å². The number of nitrogens with one attached hydrogen (secondary N) is 1. The number of amides is 3. The molecule has 3 amide bonds. The Morgan fingerprint density at radius 1 is 1.03 bits per heavy atom. The van der Waals surface area contributed by atoms with E-state index in [2.05, 4.69) is 21.3 Å². The minimum atomic E-state index is 0.00482. The molecule has 1 atom stereocenters. The number of anilines is 1. The molecule has 1 N–H and O–H groups in total. The highest BCUT2D eigenvalue weighted by Crippen LogP contribution is 2.28. The molecule has 1 aromatic carbocycles. The van der Waals surface area contributed by atoms with Crippen molar-refractivity contribution in [1.29, 1.82) is 0 Å². The zero-order valence-corrected chi connectivity index (χ0v) is 18.2. The van der Waals surface area contributed by atoms with Crippen LogP contribution in [0.3, 0.4) is 0 Å². The van der Waals surface area contributed by atoms with Crippen LogP contribution in [0.1, 0.15) is 41.6 Å². The number of nitrogens with zero attached hydrogens (tertiary/aromatic N) is 4. The molecule has 2 aliphatic rings. The van der Waals surface area contributed by atoms with Crippen LogP contribution in [0, 0.1) is 0 Å². The van der Waals surface area contributed by atoms with Crippen LogP contribution < -0.4 is 10.2 Å². The maximum absolute atomic E-state index is 13.2. The minimum Gasteiger partial charge on any atom is -0.353 e. The van der Waals surface area contributed by atoms with Gasteiger partial charge in [-0.25, -0.2) is 9.78 Å². The number of carbonyl (C=O) groups is 2. The molecule has 7 heteroatoms. The molecule has 1 unspecified atom stereocenters. The van der Waals surface area contributed by atoms with Gasteiger partial charge >= 0.3 is 6.03 Å². The summed E-state index contributed by atoms with van der Waals surface area (Å²) in [5, 5.41) is 2.89. The largest absolute Gasteiger partial charge is 0.353 e. The fourth-order valence-corrected chi connectivity index (χ4v) is 4.48. The van der Waals surface area contributed by atoms with Crippen molar-refractivity contribution in [2.45, 2.75) is 25.7 Å². The highest BCUT2D eigenvalue weighted by Gasteiger charge is 2.26. The SMILES string of the molecule is CCNC(=O)N1CCCC(c2cccc(C(=O)N3CCN(c4ccccn4)CC3)c2)C1. The zero-order chi connectivity index (χ0) is 21.6. The van der Waals surface area contributed by atoms with Crippen molar-refractivity contribution in [3.63, 3.8) is 0 Å². The van der Waals surface area contributed by atoms with Gasteiger partial charge in [-0.15, -0.1) is 0 Å². The number of carbonyl (C=O) groups excluding carboxylic acids is 2. The Hall–Kier alpha value is -3.09. The van der Waals surface area contributed by atoms with E-state index in [-0.39, 0.29) is 17.9 Å². The molecule has 3 heterocycles. The number of likely N-dealkylation sites (tertiary alicyclic amines) is 1. The summed E-state index contributed by atoms with van der Waals surface area (Å²) in [4.78, 5) is 35.8. The number of urea groups is 1. The first-order chi connectivity index (χ1) is 15.2. The summed E-state index contributed by atoms with van der Waals surface area (Å²) in [6, 6.07) is 13.9. The third-order valence-electron chi connectivity index (χ3n) is 6.18. The molecule has 2 aliphatic heterocycles. The van der Waals surface area contributed by atoms with Gasteiger partial charge in [0, 0.05) is 63.5 Å². The van der Waals surface area contributed by atoms with Gasteiger partial charge in [0.25, 0.3) is 5.91 Å². The predicted octanol–water partition coefficient (Wildman–Crippen LogP) is 2.95. The van der Waals surface area contributed by atoms with Gasteiger partial charge in [0.2, 0.25) is 0 Å². The van der Waals surface area contributed by atoms with E-state index in [1.807, 2.05) is 53.1 Å². The summed E-state index contributed by atoms with van der Waals surface area (Å²) < 4.78 is 0. The number of aromatic nitrogens is 1. The molecule has 2 fully saturated rings. The van der Waals surface area contributed by atoms with Crippen molar-refractivity contribution in [1.82, 2.24) is 20.1 Å². The number of piperazine rings is 1. The first kappa shape index (κ1) is 21.2. The maximum atomic E-state index is 13.2.